The molecule has 2 rings (SSSR count). The molecule has 1 aromatic carbocycles. The molecule has 1 N–H and O–H groups in total. The molecule has 22 heavy (non-hydrogen) atoms. The van der Waals surface area contributed by atoms with Crippen LogP contribution in [0.1, 0.15) is 32.8 Å². The zero-order valence-corrected chi connectivity index (χ0v) is 14.0. The zero-order chi connectivity index (χ0) is 16.3. The quantitative estimate of drug-likeness (QED) is 0.512. The van der Waals surface area contributed by atoms with Gasteiger partial charge in [0.05, 0.1) is 4.92 Å². The summed E-state index contributed by atoms with van der Waals surface area (Å²) in [5.74, 6) is 0. The highest BCUT2D eigenvalue weighted by Crippen LogP contribution is 2.36. The Hall–Kier alpha value is -1.59. The van der Waals surface area contributed by atoms with Crippen LogP contribution in [0.25, 0.3) is 0 Å². The van der Waals surface area contributed by atoms with Crippen LogP contribution in [-0.2, 0) is 6.54 Å². The minimum absolute atomic E-state index is 0.0928. The maximum atomic E-state index is 11.2. The maximum absolute atomic E-state index is 11.2. The summed E-state index contributed by atoms with van der Waals surface area (Å²) in [6, 6.07) is 3.35. The molecule has 0 amide bonds. The lowest BCUT2D eigenvalue weighted by molar-refractivity contribution is -0.384. The number of benzene rings is 1. The molecular formula is C16H22ClN3O2. The maximum Gasteiger partial charge on any atom is 0.292 e. The molecule has 0 unspecified atom stereocenters. The number of hydrogen-bond donors (Lipinski definition) is 1. The molecule has 0 radical (unpaired) electrons. The Morgan fingerprint density at radius 2 is 2.32 bits per heavy atom. The Morgan fingerprint density at radius 3 is 2.91 bits per heavy atom. The fourth-order valence-corrected chi connectivity index (χ4v) is 2.95. The fraction of sp³-hybridized carbons (Fsp3) is 0.500. The van der Waals surface area contributed by atoms with Crippen LogP contribution in [0, 0.1) is 10.1 Å². The fourth-order valence-electron chi connectivity index (χ4n) is 2.73. The van der Waals surface area contributed by atoms with Crippen LogP contribution in [0.15, 0.2) is 23.8 Å². The summed E-state index contributed by atoms with van der Waals surface area (Å²) in [7, 11) is 0. The van der Waals surface area contributed by atoms with Crippen molar-refractivity contribution >= 4 is 23.0 Å². The highest BCUT2D eigenvalue weighted by molar-refractivity contribution is 6.32. The molecule has 0 aliphatic carbocycles. The minimum atomic E-state index is -0.355. The zero-order valence-electron chi connectivity index (χ0n) is 13.2. The van der Waals surface area contributed by atoms with E-state index < -0.39 is 0 Å². The van der Waals surface area contributed by atoms with E-state index in [1.54, 1.807) is 6.07 Å². The molecule has 0 bridgehead atoms. The van der Waals surface area contributed by atoms with Crippen LogP contribution in [0.2, 0.25) is 5.02 Å². The van der Waals surface area contributed by atoms with Crippen LogP contribution in [0.3, 0.4) is 0 Å². The molecule has 0 fully saturated rings. The van der Waals surface area contributed by atoms with Gasteiger partial charge in [0, 0.05) is 42.3 Å². The SMILES string of the molecule is CC=C(CC)CN1Cc2c(Cl)ccc([N+](=O)[O-])c2NC[C@@H]1C. The largest absolute Gasteiger partial charge is 0.378 e. The Morgan fingerprint density at radius 1 is 1.59 bits per heavy atom. The standard InChI is InChI=1S/C16H22ClN3O2/c1-4-12(5-2)9-19-10-13-14(17)6-7-15(20(21)22)16(13)18-8-11(19)3/h4,6-7,11,18H,5,8-10H2,1-3H3/t11-/m0/s1. The molecule has 1 aliphatic heterocycles. The molecule has 1 atom stereocenters. The summed E-state index contributed by atoms with van der Waals surface area (Å²) >= 11 is 6.30. The van der Waals surface area contributed by atoms with Crippen molar-refractivity contribution < 1.29 is 4.92 Å². The van der Waals surface area contributed by atoms with Gasteiger partial charge in [0.2, 0.25) is 0 Å². The molecule has 0 saturated carbocycles. The molecule has 0 aromatic heterocycles. The van der Waals surface area contributed by atoms with Gasteiger partial charge in [-0.15, -0.1) is 0 Å². The number of hydrogen-bond acceptors (Lipinski definition) is 4. The third-order valence-electron chi connectivity index (χ3n) is 4.26. The molecule has 6 heteroatoms. The third kappa shape index (κ3) is 3.42. The number of allylic oxidation sites excluding steroid dienone is 1. The molecular weight excluding hydrogens is 302 g/mol. The lowest BCUT2D eigenvalue weighted by Crippen LogP contribution is -2.36. The van der Waals surface area contributed by atoms with E-state index in [0.29, 0.717) is 23.8 Å². The van der Waals surface area contributed by atoms with E-state index in [2.05, 4.69) is 30.1 Å². The van der Waals surface area contributed by atoms with Gasteiger partial charge in [0.1, 0.15) is 5.69 Å². The topological polar surface area (TPSA) is 58.4 Å². The molecule has 0 saturated heterocycles. The van der Waals surface area contributed by atoms with Crippen LogP contribution in [-0.4, -0.2) is 29.0 Å². The number of nitro benzene ring substituents is 1. The van der Waals surface area contributed by atoms with Gasteiger partial charge in [-0.2, -0.15) is 0 Å². The Kier molecular flexibility index (Phi) is 5.42. The smallest absolute Gasteiger partial charge is 0.292 e. The lowest BCUT2D eigenvalue weighted by Gasteiger charge is -2.27. The van der Waals surface area contributed by atoms with Crippen LogP contribution in [0.5, 0.6) is 0 Å². The second kappa shape index (κ2) is 7.11. The molecule has 120 valence electrons. The van der Waals surface area contributed by atoms with Crippen molar-refractivity contribution in [2.75, 3.05) is 18.4 Å². The van der Waals surface area contributed by atoms with Crippen molar-refractivity contribution in [2.24, 2.45) is 0 Å². The van der Waals surface area contributed by atoms with E-state index in [4.69, 9.17) is 11.6 Å². The number of rotatable bonds is 4. The van der Waals surface area contributed by atoms with Crippen LogP contribution < -0.4 is 5.32 Å². The van der Waals surface area contributed by atoms with Crippen molar-refractivity contribution in [1.29, 1.82) is 0 Å². The summed E-state index contributed by atoms with van der Waals surface area (Å²) in [6.07, 6.45) is 3.14. The summed E-state index contributed by atoms with van der Waals surface area (Å²) < 4.78 is 0. The normalized spacial score (nSPS) is 19.3. The first-order chi connectivity index (χ1) is 10.5. The third-order valence-corrected chi connectivity index (χ3v) is 4.61. The van der Waals surface area contributed by atoms with Crippen molar-refractivity contribution in [3.8, 4) is 0 Å². The Labute approximate surface area is 136 Å². The first-order valence-electron chi connectivity index (χ1n) is 7.55. The Bertz CT molecular complexity index is 601. The highest BCUT2D eigenvalue weighted by Gasteiger charge is 2.27. The number of halogens is 1. The molecule has 1 aliphatic rings. The second-order valence-corrected chi connectivity index (χ2v) is 6.02. The van der Waals surface area contributed by atoms with Crippen LogP contribution >= 0.6 is 11.6 Å². The first kappa shape index (κ1) is 16.8. The summed E-state index contributed by atoms with van der Waals surface area (Å²) in [5, 5.41) is 15.0. The van der Waals surface area contributed by atoms with E-state index >= 15 is 0 Å². The van der Waals surface area contributed by atoms with E-state index in [1.165, 1.54) is 11.6 Å². The van der Waals surface area contributed by atoms with Gasteiger partial charge in [0.15, 0.2) is 0 Å². The minimum Gasteiger partial charge on any atom is -0.378 e. The van der Waals surface area contributed by atoms with Gasteiger partial charge < -0.3 is 5.32 Å². The number of nitro groups is 1. The first-order valence-corrected chi connectivity index (χ1v) is 7.93. The number of anilines is 1. The Balaban J connectivity index is 2.38. The van der Waals surface area contributed by atoms with E-state index in [0.717, 1.165) is 18.5 Å². The van der Waals surface area contributed by atoms with E-state index in [9.17, 15) is 10.1 Å². The molecule has 1 heterocycles. The summed E-state index contributed by atoms with van der Waals surface area (Å²) in [6.45, 7) is 8.44. The van der Waals surface area contributed by atoms with E-state index in [-0.39, 0.29) is 16.7 Å². The average molecular weight is 324 g/mol. The second-order valence-electron chi connectivity index (χ2n) is 5.61. The molecule has 5 nitrogen and oxygen atoms in total. The predicted octanol–water partition coefficient (Wildman–Crippen LogP) is 4.22. The highest BCUT2D eigenvalue weighted by atomic mass is 35.5. The number of nitrogens with zero attached hydrogens (tertiary/aromatic N) is 2. The van der Waals surface area contributed by atoms with Crippen molar-refractivity contribution in [1.82, 2.24) is 4.90 Å². The predicted molar refractivity (Wildman–Crippen MR) is 90.5 cm³/mol. The molecule has 0 spiro atoms. The van der Waals surface area contributed by atoms with E-state index in [1.807, 2.05) is 6.92 Å². The number of fused-ring (bicyclic) bond motifs is 1. The summed E-state index contributed by atoms with van der Waals surface area (Å²) in [5.41, 5.74) is 2.82. The average Bonchev–Trinajstić information content (AvgIpc) is 2.65. The van der Waals surface area contributed by atoms with Gasteiger partial charge in [-0.1, -0.05) is 30.2 Å². The molecule has 1 aromatic rings. The van der Waals surface area contributed by atoms with Crippen molar-refractivity contribution in [2.45, 2.75) is 39.8 Å². The van der Waals surface area contributed by atoms with Gasteiger partial charge >= 0.3 is 0 Å². The monoisotopic (exact) mass is 323 g/mol. The number of nitrogens with one attached hydrogen (secondary N) is 1. The van der Waals surface area contributed by atoms with Gasteiger partial charge in [-0.3, -0.25) is 15.0 Å². The van der Waals surface area contributed by atoms with Crippen LogP contribution in [0.4, 0.5) is 11.4 Å². The lowest BCUT2D eigenvalue weighted by atomic mass is 10.1. The van der Waals surface area contributed by atoms with Crippen molar-refractivity contribution in [3.05, 3.63) is 44.5 Å². The van der Waals surface area contributed by atoms with Gasteiger partial charge in [-0.05, 0) is 26.3 Å². The summed E-state index contributed by atoms with van der Waals surface area (Å²) in [4.78, 5) is 13.2. The van der Waals surface area contributed by atoms with Gasteiger partial charge in [0.25, 0.3) is 5.69 Å². The van der Waals surface area contributed by atoms with Gasteiger partial charge in [-0.25, -0.2) is 0 Å². The van der Waals surface area contributed by atoms with Crippen molar-refractivity contribution in [3.63, 3.8) is 0 Å².